The Labute approximate surface area is 85.3 Å². The molecule has 1 rings (SSSR count). The molecule has 0 atom stereocenters. The first kappa shape index (κ1) is 10.2. The summed E-state index contributed by atoms with van der Waals surface area (Å²) in [6, 6.07) is 1.69. The van der Waals surface area contributed by atoms with Crippen molar-refractivity contribution in [1.29, 1.82) is 0 Å². The van der Waals surface area contributed by atoms with Gasteiger partial charge in [0.1, 0.15) is 0 Å². The summed E-state index contributed by atoms with van der Waals surface area (Å²) in [5.74, 6) is -0.323. The molecule has 0 N–H and O–H groups in total. The molecule has 1 aromatic heterocycles. The largest absolute Gasteiger partial charge is 0.462 e. The first-order valence-corrected chi connectivity index (χ1v) is 4.81. The fraction of sp³-hybridized carbons (Fsp3) is 0.333. The number of halogens is 1. The highest BCUT2D eigenvalue weighted by Crippen LogP contribution is 2.10. The minimum absolute atomic E-state index is 0.323. The molecule has 0 aromatic carbocycles. The van der Waals surface area contributed by atoms with Gasteiger partial charge < -0.3 is 4.74 Å². The van der Waals surface area contributed by atoms with Crippen molar-refractivity contribution in [3.63, 3.8) is 0 Å². The van der Waals surface area contributed by atoms with Crippen LogP contribution in [0.15, 0.2) is 22.9 Å². The zero-order valence-electron chi connectivity index (χ0n) is 7.29. The zero-order chi connectivity index (χ0) is 9.68. The summed E-state index contributed by atoms with van der Waals surface area (Å²) in [6.07, 6.45) is 3.94. The van der Waals surface area contributed by atoms with E-state index in [0.717, 1.165) is 10.9 Å². The molecule has 0 amide bonds. The molecule has 13 heavy (non-hydrogen) atoms. The van der Waals surface area contributed by atoms with E-state index in [9.17, 15) is 4.79 Å². The maximum Gasteiger partial charge on any atom is 0.339 e. The zero-order valence-corrected chi connectivity index (χ0v) is 8.87. The normalized spacial score (nSPS) is 9.69. The fourth-order valence-corrected chi connectivity index (χ4v) is 1.17. The van der Waals surface area contributed by atoms with Crippen molar-refractivity contribution in [1.82, 2.24) is 4.98 Å². The van der Waals surface area contributed by atoms with Gasteiger partial charge in [0, 0.05) is 16.9 Å². The molecule has 3 nitrogen and oxygen atoms in total. The van der Waals surface area contributed by atoms with Gasteiger partial charge in [-0.15, -0.1) is 0 Å². The van der Waals surface area contributed by atoms with Gasteiger partial charge in [0.15, 0.2) is 0 Å². The molecule has 0 saturated heterocycles. The summed E-state index contributed by atoms with van der Waals surface area (Å²) in [4.78, 5) is 15.1. The second kappa shape index (κ2) is 4.97. The van der Waals surface area contributed by atoms with Crippen LogP contribution in [0.4, 0.5) is 0 Å². The monoisotopic (exact) mass is 243 g/mol. The molecule has 0 aliphatic rings. The lowest BCUT2D eigenvalue weighted by Gasteiger charge is -2.01. The third-order valence-electron chi connectivity index (χ3n) is 1.38. The average Bonchev–Trinajstić information content (AvgIpc) is 2.14. The lowest BCUT2D eigenvalue weighted by Crippen LogP contribution is -2.06. The molecule has 0 aliphatic carbocycles. The van der Waals surface area contributed by atoms with Crippen molar-refractivity contribution >= 4 is 21.9 Å². The van der Waals surface area contributed by atoms with Gasteiger partial charge in [-0.2, -0.15) is 0 Å². The Morgan fingerprint density at radius 1 is 1.62 bits per heavy atom. The van der Waals surface area contributed by atoms with Gasteiger partial charge in [0.2, 0.25) is 0 Å². The average molecular weight is 244 g/mol. The minimum atomic E-state index is -0.323. The number of esters is 1. The van der Waals surface area contributed by atoms with Gasteiger partial charge in [-0.25, -0.2) is 4.79 Å². The summed E-state index contributed by atoms with van der Waals surface area (Å²) in [7, 11) is 0. The van der Waals surface area contributed by atoms with Crippen molar-refractivity contribution in [2.75, 3.05) is 6.61 Å². The van der Waals surface area contributed by atoms with Gasteiger partial charge in [0.05, 0.1) is 12.2 Å². The smallest absolute Gasteiger partial charge is 0.339 e. The molecule has 0 radical (unpaired) electrons. The lowest BCUT2D eigenvalue weighted by molar-refractivity contribution is 0.0504. The highest BCUT2D eigenvalue weighted by molar-refractivity contribution is 9.10. The SMILES string of the molecule is CCCOC(=O)c1cncc(Br)c1. The molecule has 0 bridgehead atoms. The van der Waals surface area contributed by atoms with Crippen molar-refractivity contribution in [2.24, 2.45) is 0 Å². The fourth-order valence-electron chi connectivity index (χ4n) is 0.802. The highest BCUT2D eigenvalue weighted by atomic mass is 79.9. The predicted molar refractivity (Wildman–Crippen MR) is 52.5 cm³/mol. The van der Waals surface area contributed by atoms with E-state index >= 15 is 0 Å². The molecular weight excluding hydrogens is 234 g/mol. The van der Waals surface area contributed by atoms with E-state index in [-0.39, 0.29) is 5.97 Å². The molecule has 1 aromatic rings. The number of hydrogen-bond acceptors (Lipinski definition) is 3. The Kier molecular flexibility index (Phi) is 3.89. The van der Waals surface area contributed by atoms with Gasteiger partial charge >= 0.3 is 5.97 Å². The van der Waals surface area contributed by atoms with Gasteiger partial charge in [0.25, 0.3) is 0 Å². The van der Waals surface area contributed by atoms with Crippen LogP contribution >= 0.6 is 15.9 Å². The van der Waals surface area contributed by atoms with E-state index in [2.05, 4.69) is 20.9 Å². The highest BCUT2D eigenvalue weighted by Gasteiger charge is 2.06. The van der Waals surface area contributed by atoms with Crippen LogP contribution in [0.1, 0.15) is 23.7 Å². The summed E-state index contributed by atoms with van der Waals surface area (Å²) in [5, 5.41) is 0. The Bertz CT molecular complexity index is 301. The van der Waals surface area contributed by atoms with Crippen molar-refractivity contribution < 1.29 is 9.53 Å². The third-order valence-corrected chi connectivity index (χ3v) is 1.81. The van der Waals surface area contributed by atoms with E-state index in [1.807, 2.05) is 6.92 Å². The molecule has 1 heterocycles. The van der Waals surface area contributed by atoms with E-state index in [4.69, 9.17) is 4.74 Å². The third kappa shape index (κ3) is 3.14. The number of ether oxygens (including phenoxy) is 1. The summed E-state index contributed by atoms with van der Waals surface area (Å²) < 4.78 is 5.71. The molecule has 0 aliphatic heterocycles. The maximum absolute atomic E-state index is 11.3. The van der Waals surface area contributed by atoms with E-state index < -0.39 is 0 Å². The first-order chi connectivity index (χ1) is 6.24. The Morgan fingerprint density at radius 3 is 3.00 bits per heavy atom. The van der Waals surface area contributed by atoms with Crippen LogP contribution in [0.2, 0.25) is 0 Å². The van der Waals surface area contributed by atoms with Gasteiger partial charge in [-0.1, -0.05) is 6.92 Å². The topological polar surface area (TPSA) is 39.2 Å². The Balaban J connectivity index is 2.66. The van der Waals surface area contributed by atoms with Crippen molar-refractivity contribution in [3.8, 4) is 0 Å². The molecule has 0 fully saturated rings. The molecule has 4 heteroatoms. The van der Waals surface area contributed by atoms with Crippen molar-refractivity contribution in [3.05, 3.63) is 28.5 Å². The van der Waals surface area contributed by atoms with Crippen LogP contribution in [0, 0.1) is 0 Å². The molecular formula is C9H10BrNO2. The number of hydrogen-bond donors (Lipinski definition) is 0. The summed E-state index contributed by atoms with van der Waals surface area (Å²) >= 11 is 3.23. The number of carbonyl (C=O) groups is 1. The second-order valence-electron chi connectivity index (χ2n) is 2.53. The lowest BCUT2D eigenvalue weighted by atomic mass is 10.3. The number of aromatic nitrogens is 1. The molecule has 0 spiro atoms. The Hall–Kier alpha value is -0.900. The number of carbonyl (C=O) groups excluding carboxylic acids is 1. The van der Waals surface area contributed by atoms with Crippen LogP contribution in [0.3, 0.4) is 0 Å². The minimum Gasteiger partial charge on any atom is -0.462 e. The van der Waals surface area contributed by atoms with Crippen LogP contribution in [-0.4, -0.2) is 17.6 Å². The Morgan fingerprint density at radius 2 is 2.38 bits per heavy atom. The van der Waals surface area contributed by atoms with Gasteiger partial charge in [-0.3, -0.25) is 4.98 Å². The van der Waals surface area contributed by atoms with Crippen LogP contribution in [0.25, 0.3) is 0 Å². The summed E-state index contributed by atoms with van der Waals surface area (Å²) in [6.45, 7) is 2.40. The van der Waals surface area contributed by atoms with Gasteiger partial charge in [-0.05, 0) is 28.4 Å². The van der Waals surface area contributed by atoms with Crippen LogP contribution in [0.5, 0.6) is 0 Å². The van der Waals surface area contributed by atoms with E-state index in [1.54, 1.807) is 12.3 Å². The molecule has 70 valence electrons. The predicted octanol–water partition coefficient (Wildman–Crippen LogP) is 2.41. The number of rotatable bonds is 3. The number of pyridine rings is 1. The quantitative estimate of drug-likeness (QED) is 0.766. The van der Waals surface area contributed by atoms with E-state index in [0.29, 0.717) is 12.2 Å². The number of nitrogens with zero attached hydrogens (tertiary/aromatic N) is 1. The summed E-state index contributed by atoms with van der Waals surface area (Å²) in [5.41, 5.74) is 0.475. The van der Waals surface area contributed by atoms with E-state index in [1.165, 1.54) is 6.20 Å². The first-order valence-electron chi connectivity index (χ1n) is 4.01. The standard InChI is InChI=1S/C9H10BrNO2/c1-2-3-13-9(12)7-4-8(10)6-11-5-7/h4-6H,2-3H2,1H3. The van der Waals surface area contributed by atoms with Crippen LogP contribution in [-0.2, 0) is 4.74 Å². The van der Waals surface area contributed by atoms with Crippen molar-refractivity contribution in [2.45, 2.75) is 13.3 Å². The molecule has 0 saturated carbocycles. The van der Waals surface area contributed by atoms with Crippen LogP contribution < -0.4 is 0 Å². The second-order valence-corrected chi connectivity index (χ2v) is 3.44. The maximum atomic E-state index is 11.3. The molecule has 0 unspecified atom stereocenters.